The number of thioether (sulfide) groups is 1. The molecule has 0 atom stereocenters. The molecule has 0 spiro atoms. The average molecular weight is 422 g/mol. The molecule has 0 unspecified atom stereocenters. The number of hydrogen-bond donors (Lipinski definition) is 1. The number of benzene rings is 1. The molecule has 1 amide bonds. The van der Waals surface area contributed by atoms with Crippen molar-refractivity contribution in [1.82, 2.24) is 19.1 Å². The van der Waals surface area contributed by atoms with Crippen LogP contribution in [0.4, 0.5) is 5.69 Å². The van der Waals surface area contributed by atoms with Crippen LogP contribution < -0.4 is 5.32 Å². The fourth-order valence-corrected chi connectivity index (χ4v) is 4.65. The topological polar surface area (TPSA) is 97.2 Å². The van der Waals surface area contributed by atoms with Gasteiger partial charge >= 0.3 is 0 Å². The third-order valence-corrected chi connectivity index (χ3v) is 7.57. The monoisotopic (exact) mass is 421 g/mol. The molecule has 0 saturated heterocycles. The summed E-state index contributed by atoms with van der Waals surface area (Å²) in [7, 11) is -0.510. The van der Waals surface area contributed by atoms with Crippen LogP contribution in [0.5, 0.6) is 0 Å². The zero-order valence-electron chi connectivity index (χ0n) is 15.8. The van der Waals surface area contributed by atoms with Crippen LogP contribution in [0.25, 0.3) is 0 Å². The summed E-state index contributed by atoms with van der Waals surface area (Å²) in [5.41, 5.74) is 0.561. The van der Waals surface area contributed by atoms with Gasteiger partial charge in [0, 0.05) is 31.7 Å². The number of nitrogens with zero attached hydrogens (tertiary/aromatic N) is 4. The van der Waals surface area contributed by atoms with Crippen LogP contribution in [-0.4, -0.2) is 53.2 Å². The normalized spacial score (nSPS) is 17.1. The molecule has 0 radical (unpaired) electrons. The van der Waals surface area contributed by atoms with Gasteiger partial charge in [-0.25, -0.2) is 12.7 Å². The Balaban J connectivity index is 1.36. The number of carbonyl (C=O) groups is 1. The Morgan fingerprint density at radius 3 is 2.43 bits per heavy atom. The average Bonchev–Trinajstić information content (AvgIpc) is 3.59. The summed E-state index contributed by atoms with van der Waals surface area (Å²) in [6.07, 6.45) is 4.66. The molecule has 4 rings (SSSR count). The Morgan fingerprint density at radius 1 is 1.18 bits per heavy atom. The Bertz CT molecular complexity index is 977. The van der Waals surface area contributed by atoms with Gasteiger partial charge in [0.2, 0.25) is 15.9 Å². The second-order valence-corrected chi connectivity index (χ2v) is 10.5. The van der Waals surface area contributed by atoms with E-state index < -0.39 is 10.0 Å². The van der Waals surface area contributed by atoms with Crippen molar-refractivity contribution in [3.05, 3.63) is 30.1 Å². The van der Waals surface area contributed by atoms with Crippen LogP contribution >= 0.6 is 11.8 Å². The summed E-state index contributed by atoms with van der Waals surface area (Å²) >= 11 is 1.39. The predicted octanol–water partition coefficient (Wildman–Crippen LogP) is 2.47. The molecule has 0 bridgehead atoms. The Morgan fingerprint density at radius 2 is 1.86 bits per heavy atom. The lowest BCUT2D eigenvalue weighted by Crippen LogP contribution is -2.22. The molecule has 1 N–H and O–H groups in total. The molecular formula is C18H23N5O3S2. The quantitative estimate of drug-likeness (QED) is 0.658. The second-order valence-electron chi connectivity index (χ2n) is 7.36. The van der Waals surface area contributed by atoms with E-state index >= 15 is 0 Å². The Kier molecular flexibility index (Phi) is 5.19. The zero-order valence-corrected chi connectivity index (χ0v) is 17.5. The number of anilines is 1. The summed E-state index contributed by atoms with van der Waals surface area (Å²) in [6.45, 7) is 0. The number of nitrogens with one attached hydrogen (secondary N) is 1. The number of hydrogen-bond acceptors (Lipinski definition) is 6. The van der Waals surface area contributed by atoms with E-state index in [1.165, 1.54) is 50.8 Å². The molecular weight excluding hydrogens is 398 g/mol. The Labute approximate surface area is 168 Å². The number of rotatable bonds is 8. The molecule has 0 aliphatic heterocycles. The number of carbonyl (C=O) groups excluding carboxylic acids is 1. The first kappa shape index (κ1) is 19.4. The molecule has 1 aromatic heterocycles. The van der Waals surface area contributed by atoms with Crippen LogP contribution in [0.2, 0.25) is 0 Å². The molecule has 150 valence electrons. The second kappa shape index (κ2) is 7.49. The van der Waals surface area contributed by atoms with E-state index in [9.17, 15) is 13.2 Å². The zero-order chi connectivity index (χ0) is 19.9. The van der Waals surface area contributed by atoms with Crippen molar-refractivity contribution in [2.45, 2.75) is 47.7 Å². The van der Waals surface area contributed by atoms with Crippen molar-refractivity contribution in [2.75, 3.05) is 25.2 Å². The van der Waals surface area contributed by atoms with E-state index in [4.69, 9.17) is 0 Å². The van der Waals surface area contributed by atoms with Gasteiger partial charge in [0.25, 0.3) is 0 Å². The fourth-order valence-electron chi connectivity index (χ4n) is 2.93. The molecule has 2 saturated carbocycles. The first-order chi connectivity index (χ1) is 13.4. The molecule has 2 aliphatic rings. The highest BCUT2D eigenvalue weighted by atomic mass is 32.2. The maximum absolute atomic E-state index is 12.3. The molecule has 28 heavy (non-hydrogen) atoms. The van der Waals surface area contributed by atoms with Crippen LogP contribution in [0.1, 0.15) is 43.5 Å². The number of sulfonamides is 1. The lowest BCUT2D eigenvalue weighted by Gasteiger charge is -2.12. The van der Waals surface area contributed by atoms with E-state index in [1.807, 2.05) is 0 Å². The molecule has 2 fully saturated rings. The number of aromatic nitrogens is 3. The summed E-state index contributed by atoms with van der Waals surface area (Å²) in [5.74, 6) is 1.68. The van der Waals surface area contributed by atoms with Gasteiger partial charge in [0.1, 0.15) is 5.82 Å². The largest absolute Gasteiger partial charge is 0.325 e. The highest BCUT2D eigenvalue weighted by molar-refractivity contribution is 7.99. The SMILES string of the molecule is CN(C)S(=O)(=O)c1ccc(NC(=O)CSc2nnc(C3CC3)n2C2CC2)cc1. The summed E-state index contributed by atoms with van der Waals surface area (Å²) in [4.78, 5) is 12.5. The summed E-state index contributed by atoms with van der Waals surface area (Å²) in [5, 5.41) is 12.3. The lowest BCUT2D eigenvalue weighted by atomic mass is 10.3. The van der Waals surface area contributed by atoms with Gasteiger partial charge in [-0.3, -0.25) is 4.79 Å². The van der Waals surface area contributed by atoms with Crippen molar-refractivity contribution in [3.63, 3.8) is 0 Å². The van der Waals surface area contributed by atoms with Gasteiger partial charge in [-0.1, -0.05) is 11.8 Å². The van der Waals surface area contributed by atoms with Crippen LogP contribution in [-0.2, 0) is 14.8 Å². The van der Waals surface area contributed by atoms with E-state index in [-0.39, 0.29) is 16.6 Å². The molecule has 1 heterocycles. The fraction of sp³-hybridized carbons (Fsp3) is 0.500. The molecule has 10 heteroatoms. The van der Waals surface area contributed by atoms with Crippen molar-refractivity contribution < 1.29 is 13.2 Å². The minimum absolute atomic E-state index is 0.161. The van der Waals surface area contributed by atoms with Gasteiger partial charge in [-0.05, 0) is 49.9 Å². The standard InChI is InChI=1S/C18H23N5O3S2/c1-22(2)28(25,26)15-9-5-13(6-10-15)19-16(24)11-27-18-21-20-17(12-3-4-12)23(18)14-7-8-14/h5-6,9-10,12,14H,3-4,7-8,11H2,1-2H3,(H,19,24). The maximum Gasteiger partial charge on any atom is 0.242 e. The third-order valence-electron chi connectivity index (χ3n) is 4.79. The molecule has 2 aliphatic carbocycles. The minimum atomic E-state index is -3.48. The maximum atomic E-state index is 12.3. The van der Waals surface area contributed by atoms with Crippen LogP contribution in [0.15, 0.2) is 34.3 Å². The first-order valence-corrected chi connectivity index (χ1v) is 11.7. The van der Waals surface area contributed by atoms with Crippen LogP contribution in [0.3, 0.4) is 0 Å². The van der Waals surface area contributed by atoms with E-state index in [1.54, 1.807) is 12.1 Å². The van der Waals surface area contributed by atoms with Crippen molar-refractivity contribution in [2.24, 2.45) is 0 Å². The highest BCUT2D eigenvalue weighted by Gasteiger charge is 2.36. The van der Waals surface area contributed by atoms with E-state index in [0.29, 0.717) is 17.6 Å². The van der Waals surface area contributed by atoms with Gasteiger partial charge in [-0.2, -0.15) is 0 Å². The first-order valence-electron chi connectivity index (χ1n) is 9.26. The van der Waals surface area contributed by atoms with E-state index in [0.717, 1.165) is 28.1 Å². The van der Waals surface area contributed by atoms with Crippen molar-refractivity contribution in [3.8, 4) is 0 Å². The Hall–Kier alpha value is -1.91. The third kappa shape index (κ3) is 4.08. The summed E-state index contributed by atoms with van der Waals surface area (Å²) < 4.78 is 27.6. The molecule has 1 aromatic carbocycles. The van der Waals surface area contributed by atoms with Crippen molar-refractivity contribution in [1.29, 1.82) is 0 Å². The smallest absolute Gasteiger partial charge is 0.242 e. The molecule has 2 aromatic rings. The van der Waals surface area contributed by atoms with Gasteiger partial charge < -0.3 is 9.88 Å². The van der Waals surface area contributed by atoms with Crippen LogP contribution in [0, 0.1) is 0 Å². The highest BCUT2D eigenvalue weighted by Crippen LogP contribution is 2.45. The van der Waals surface area contributed by atoms with Gasteiger partial charge in [0.05, 0.1) is 10.6 Å². The molecule has 8 nitrogen and oxygen atoms in total. The number of amides is 1. The lowest BCUT2D eigenvalue weighted by molar-refractivity contribution is -0.113. The van der Waals surface area contributed by atoms with Gasteiger partial charge in [0.15, 0.2) is 5.16 Å². The minimum Gasteiger partial charge on any atom is -0.325 e. The van der Waals surface area contributed by atoms with Gasteiger partial charge in [-0.15, -0.1) is 10.2 Å². The summed E-state index contributed by atoms with van der Waals surface area (Å²) in [6, 6.07) is 6.66. The van der Waals surface area contributed by atoms with Crippen molar-refractivity contribution >= 4 is 33.4 Å². The predicted molar refractivity (Wildman–Crippen MR) is 107 cm³/mol. The van der Waals surface area contributed by atoms with E-state index in [2.05, 4.69) is 20.1 Å².